The Balaban J connectivity index is 3.59. The van der Waals surface area contributed by atoms with Gasteiger partial charge in [0.05, 0.1) is 18.6 Å². The number of hydrogen-bond donors (Lipinski definition) is 1. The van der Waals surface area contributed by atoms with Gasteiger partial charge >= 0.3 is 0 Å². The zero-order valence-electron chi connectivity index (χ0n) is 5.61. The molecule has 54 valence electrons. The Morgan fingerprint density at radius 1 is 1.78 bits per heavy atom. The van der Waals surface area contributed by atoms with Crippen LogP contribution in [0.5, 0.6) is 0 Å². The minimum atomic E-state index is 0.142. The summed E-state index contributed by atoms with van der Waals surface area (Å²) in [6.07, 6.45) is 0.852. The van der Waals surface area contributed by atoms with Crippen LogP contribution in [0.3, 0.4) is 0 Å². The Morgan fingerprint density at radius 2 is 2.33 bits per heavy atom. The zero-order valence-corrected chi connectivity index (χ0v) is 5.61. The van der Waals surface area contributed by atoms with Gasteiger partial charge in [0, 0.05) is 0 Å². The average Bonchev–Trinajstić information content (AvgIpc) is 1.87. The van der Waals surface area contributed by atoms with E-state index >= 15 is 0 Å². The molecule has 0 saturated heterocycles. The van der Waals surface area contributed by atoms with Crippen molar-refractivity contribution < 1.29 is 10.2 Å². The second-order valence-corrected chi connectivity index (χ2v) is 1.72. The fourth-order valence-corrected chi connectivity index (χ4v) is 0.477. The Hall–Kier alpha value is -1.00. The van der Waals surface area contributed by atoms with E-state index in [1.165, 1.54) is 5.01 Å². The van der Waals surface area contributed by atoms with E-state index in [-0.39, 0.29) is 4.97 Å². The highest BCUT2D eigenvalue weighted by Crippen LogP contribution is 1.85. The van der Waals surface area contributed by atoms with Crippen molar-refractivity contribution in [1.29, 1.82) is 0 Å². The van der Waals surface area contributed by atoms with Crippen LogP contribution >= 0.6 is 0 Å². The van der Waals surface area contributed by atoms with Gasteiger partial charge in [0.1, 0.15) is 0 Å². The largest absolute Gasteiger partial charge is 0.569 e. The highest BCUT2D eigenvalue weighted by Gasteiger charge is 2.01. The van der Waals surface area contributed by atoms with Crippen molar-refractivity contribution in [2.75, 3.05) is 13.6 Å². The van der Waals surface area contributed by atoms with Crippen LogP contribution in [0, 0.1) is 5.21 Å². The molecule has 0 unspecified atom stereocenters. The maximum atomic E-state index is 10.3. The van der Waals surface area contributed by atoms with E-state index < -0.39 is 0 Å². The number of nitrogens with zero attached hydrogens (tertiary/aromatic N) is 3. The van der Waals surface area contributed by atoms with Gasteiger partial charge in [-0.3, -0.25) is 0 Å². The van der Waals surface area contributed by atoms with Crippen molar-refractivity contribution in [1.82, 2.24) is 5.01 Å². The molecule has 0 atom stereocenters. The lowest BCUT2D eigenvalue weighted by Crippen LogP contribution is -2.26. The second kappa shape index (κ2) is 3.94. The molecule has 9 heavy (non-hydrogen) atoms. The minimum absolute atomic E-state index is 0.142. The Labute approximate surface area is 53.7 Å². The number of hydrogen-bond acceptors (Lipinski definition) is 2. The fraction of sp³-hybridized carbons (Fsp3) is 1.00. The molecule has 0 spiro atoms. The van der Waals surface area contributed by atoms with Crippen LogP contribution in [0.4, 0.5) is 0 Å². The maximum absolute atomic E-state index is 10.3. The molecule has 0 radical (unpaired) electrons. The molecule has 5 nitrogen and oxygen atoms in total. The molecule has 0 fully saturated rings. The van der Waals surface area contributed by atoms with Gasteiger partial charge in [-0.25, -0.2) is 0 Å². The van der Waals surface area contributed by atoms with Gasteiger partial charge in [0.15, 0.2) is 0 Å². The first-order valence-corrected chi connectivity index (χ1v) is 2.75. The van der Waals surface area contributed by atoms with Gasteiger partial charge in [-0.1, -0.05) is 6.92 Å². The SMILES string of the molecule is CCCN(C)[N+]([O-])=NO. The van der Waals surface area contributed by atoms with Gasteiger partial charge in [-0.05, 0) is 6.42 Å². The molecule has 0 aromatic heterocycles. The Bertz CT molecular complexity index is 104. The van der Waals surface area contributed by atoms with Gasteiger partial charge in [0.25, 0.3) is 0 Å². The molecule has 1 N–H and O–H groups in total. The molecule has 0 saturated carbocycles. The first-order valence-electron chi connectivity index (χ1n) is 2.75. The number of rotatable bonds is 3. The summed E-state index contributed by atoms with van der Waals surface area (Å²) in [5.74, 6) is 0. The standard InChI is InChI=1S/C4H11N3O2/c1-3-4-6(2)7(9)5-8/h8H,3-4H2,1-2H3. The summed E-state index contributed by atoms with van der Waals surface area (Å²) in [6, 6.07) is 0. The quantitative estimate of drug-likeness (QED) is 0.348. The van der Waals surface area contributed by atoms with Crippen LogP contribution < -0.4 is 0 Å². The van der Waals surface area contributed by atoms with Crippen LogP contribution in [0.2, 0.25) is 0 Å². The smallest absolute Gasteiger partial charge is 0.230 e. The third-order valence-electron chi connectivity index (χ3n) is 0.916. The van der Waals surface area contributed by atoms with Crippen molar-refractivity contribution in [2.45, 2.75) is 13.3 Å². The molecular formula is C4H11N3O2. The molecule has 0 rings (SSSR count). The summed E-state index contributed by atoms with van der Waals surface area (Å²) in [6.45, 7) is 2.52. The first-order chi connectivity index (χ1) is 4.22. The molecule has 0 aromatic carbocycles. The molecule has 0 amide bonds. The normalized spacial score (nSPS) is 11.6. The van der Waals surface area contributed by atoms with Crippen molar-refractivity contribution in [3.05, 3.63) is 5.21 Å². The van der Waals surface area contributed by atoms with Crippen molar-refractivity contribution in [3.63, 3.8) is 0 Å². The van der Waals surface area contributed by atoms with Crippen molar-refractivity contribution in [3.8, 4) is 0 Å². The van der Waals surface area contributed by atoms with Crippen LogP contribution in [-0.4, -0.2) is 28.8 Å². The Kier molecular flexibility index (Phi) is 3.50. The van der Waals surface area contributed by atoms with Gasteiger partial charge in [-0.15, -0.1) is 5.01 Å². The van der Waals surface area contributed by atoms with E-state index in [1.54, 1.807) is 7.05 Å². The highest BCUT2D eigenvalue weighted by atomic mass is 16.6. The summed E-state index contributed by atoms with van der Waals surface area (Å²) >= 11 is 0. The van der Waals surface area contributed by atoms with Gasteiger partial charge < -0.3 is 10.4 Å². The van der Waals surface area contributed by atoms with Crippen LogP contribution in [0.25, 0.3) is 0 Å². The molecular weight excluding hydrogens is 122 g/mol. The lowest BCUT2D eigenvalue weighted by atomic mass is 10.5. The van der Waals surface area contributed by atoms with E-state index in [4.69, 9.17) is 5.21 Å². The lowest BCUT2D eigenvalue weighted by Gasteiger charge is -2.09. The van der Waals surface area contributed by atoms with Gasteiger partial charge in [-0.2, -0.15) is 0 Å². The predicted octanol–water partition coefficient (Wildman–Crippen LogP) is 0.595. The first kappa shape index (κ1) is 8.00. The van der Waals surface area contributed by atoms with Crippen LogP contribution in [0.1, 0.15) is 13.3 Å². The molecule has 0 aromatic rings. The fourth-order valence-electron chi connectivity index (χ4n) is 0.477. The summed E-state index contributed by atoms with van der Waals surface area (Å²) in [7, 11) is 1.55. The van der Waals surface area contributed by atoms with Crippen molar-refractivity contribution in [2.24, 2.45) is 5.28 Å². The second-order valence-electron chi connectivity index (χ2n) is 1.72. The van der Waals surface area contributed by atoms with E-state index in [0.29, 0.717) is 6.54 Å². The third kappa shape index (κ3) is 2.73. The van der Waals surface area contributed by atoms with E-state index in [1.807, 2.05) is 6.92 Å². The summed E-state index contributed by atoms with van der Waals surface area (Å²) in [4.78, 5) is 0.142. The summed E-state index contributed by atoms with van der Waals surface area (Å²) < 4.78 is 0. The average molecular weight is 133 g/mol. The van der Waals surface area contributed by atoms with Crippen LogP contribution in [0.15, 0.2) is 5.28 Å². The minimum Gasteiger partial charge on any atom is -0.569 e. The molecule has 0 aliphatic heterocycles. The summed E-state index contributed by atoms with van der Waals surface area (Å²) in [5.41, 5.74) is 0. The highest BCUT2D eigenvalue weighted by molar-refractivity contribution is 4.29. The molecule has 5 heteroatoms. The van der Waals surface area contributed by atoms with E-state index in [2.05, 4.69) is 5.28 Å². The molecule has 0 bridgehead atoms. The van der Waals surface area contributed by atoms with Crippen LogP contribution in [-0.2, 0) is 0 Å². The van der Waals surface area contributed by atoms with E-state index in [0.717, 1.165) is 6.42 Å². The molecule has 0 heterocycles. The Morgan fingerprint density at radius 3 is 2.67 bits per heavy atom. The lowest BCUT2D eigenvalue weighted by molar-refractivity contribution is -0.704. The molecule has 0 aliphatic rings. The predicted molar refractivity (Wildman–Crippen MR) is 30.8 cm³/mol. The maximum Gasteiger partial charge on any atom is 0.230 e. The topological polar surface area (TPSA) is 61.9 Å². The van der Waals surface area contributed by atoms with Crippen molar-refractivity contribution >= 4 is 0 Å². The number of hydrazine groups is 1. The van der Waals surface area contributed by atoms with Gasteiger partial charge in [0.2, 0.25) is 5.28 Å². The van der Waals surface area contributed by atoms with E-state index in [9.17, 15) is 5.21 Å². The monoisotopic (exact) mass is 133 g/mol. The summed E-state index contributed by atoms with van der Waals surface area (Å²) in [5, 5.41) is 21.9. The third-order valence-corrected chi connectivity index (χ3v) is 0.916. The molecule has 0 aliphatic carbocycles. The zero-order chi connectivity index (χ0) is 7.28.